The maximum Gasteiger partial charge on any atom is 0.112 e. The van der Waals surface area contributed by atoms with Crippen LogP contribution < -0.4 is 0 Å². The van der Waals surface area contributed by atoms with Crippen LogP contribution in [0.25, 0.3) is 11.3 Å². The van der Waals surface area contributed by atoms with Gasteiger partial charge in [0.05, 0.1) is 5.69 Å². The van der Waals surface area contributed by atoms with Crippen molar-refractivity contribution in [2.24, 2.45) is 0 Å². The Kier molecular flexibility index (Phi) is 2.79. The summed E-state index contributed by atoms with van der Waals surface area (Å²) >= 11 is 3.59. The summed E-state index contributed by atoms with van der Waals surface area (Å²) in [5.41, 5.74) is 2.27. The van der Waals surface area contributed by atoms with Crippen LogP contribution in [-0.2, 0) is 6.54 Å². The molecule has 3 heteroatoms. The van der Waals surface area contributed by atoms with Gasteiger partial charge in [-0.25, -0.2) is 4.98 Å². The molecule has 2 nitrogen and oxygen atoms in total. The molecule has 1 aromatic carbocycles. The summed E-state index contributed by atoms with van der Waals surface area (Å²) < 4.78 is 3.42. The van der Waals surface area contributed by atoms with Gasteiger partial charge in [-0.15, -0.1) is 0 Å². The molecule has 0 bridgehead atoms. The summed E-state index contributed by atoms with van der Waals surface area (Å²) in [7, 11) is 0. The first-order chi connectivity index (χ1) is 8.25. The number of aromatic nitrogens is 2. The standard InChI is InChI=1S/C14H15BrN2/c1-10-5-4-8-17-9-13(16-14(10)17)11-6-2-3-7-12(11)15/h2-3,6-7,9-10H,4-5,8H2,1H3. The molecule has 3 rings (SSSR count). The third-order valence-corrected chi connectivity index (χ3v) is 4.13. The van der Waals surface area contributed by atoms with Crippen molar-refractivity contribution in [3.63, 3.8) is 0 Å². The zero-order valence-electron chi connectivity index (χ0n) is 9.86. The topological polar surface area (TPSA) is 17.8 Å². The fourth-order valence-corrected chi connectivity index (χ4v) is 2.99. The van der Waals surface area contributed by atoms with E-state index in [-0.39, 0.29) is 0 Å². The molecule has 0 saturated carbocycles. The van der Waals surface area contributed by atoms with Crippen LogP contribution in [-0.4, -0.2) is 9.55 Å². The minimum Gasteiger partial charge on any atom is -0.334 e. The van der Waals surface area contributed by atoms with Gasteiger partial charge >= 0.3 is 0 Å². The van der Waals surface area contributed by atoms with Crippen molar-refractivity contribution in [1.29, 1.82) is 0 Å². The van der Waals surface area contributed by atoms with Crippen LogP contribution in [0.4, 0.5) is 0 Å². The predicted octanol–water partition coefficient (Wildman–Crippen LogP) is 4.21. The Balaban J connectivity index is 2.08. The molecule has 88 valence electrons. The van der Waals surface area contributed by atoms with Gasteiger partial charge in [-0.1, -0.05) is 41.1 Å². The summed E-state index contributed by atoms with van der Waals surface area (Å²) in [6.45, 7) is 3.37. The molecule has 0 amide bonds. The molecule has 0 fully saturated rings. The summed E-state index contributed by atoms with van der Waals surface area (Å²) in [6, 6.07) is 8.27. The lowest BCUT2D eigenvalue weighted by atomic mass is 10.0. The first-order valence-corrected chi connectivity index (χ1v) is 6.87. The normalized spacial score (nSPS) is 19.1. The highest BCUT2D eigenvalue weighted by atomic mass is 79.9. The largest absolute Gasteiger partial charge is 0.334 e. The molecular formula is C14H15BrN2. The molecule has 1 aliphatic heterocycles. The Hall–Kier alpha value is -1.09. The Morgan fingerprint density at radius 2 is 2.18 bits per heavy atom. The van der Waals surface area contributed by atoms with Crippen molar-refractivity contribution in [2.45, 2.75) is 32.2 Å². The Bertz CT molecular complexity index is 545. The number of nitrogens with zero attached hydrogens (tertiary/aromatic N) is 2. The van der Waals surface area contributed by atoms with Gasteiger partial charge in [-0.05, 0) is 18.9 Å². The average Bonchev–Trinajstić information content (AvgIpc) is 2.75. The van der Waals surface area contributed by atoms with E-state index in [9.17, 15) is 0 Å². The van der Waals surface area contributed by atoms with Gasteiger partial charge in [0.25, 0.3) is 0 Å². The summed E-state index contributed by atoms with van der Waals surface area (Å²) in [5.74, 6) is 1.82. The monoisotopic (exact) mass is 290 g/mol. The molecule has 2 aromatic rings. The molecule has 0 aliphatic carbocycles. The molecule has 1 aromatic heterocycles. The fourth-order valence-electron chi connectivity index (χ4n) is 2.50. The maximum absolute atomic E-state index is 4.80. The SMILES string of the molecule is CC1CCCn2cc(-c3ccccc3Br)nc21. The second-order valence-corrected chi connectivity index (χ2v) is 5.56. The van der Waals surface area contributed by atoms with Crippen LogP contribution in [0.15, 0.2) is 34.9 Å². The lowest BCUT2D eigenvalue weighted by molar-refractivity contribution is 0.463. The van der Waals surface area contributed by atoms with Crippen molar-refractivity contribution >= 4 is 15.9 Å². The van der Waals surface area contributed by atoms with Crippen LogP contribution in [0.1, 0.15) is 31.5 Å². The number of aryl methyl sites for hydroxylation is 1. The first-order valence-electron chi connectivity index (χ1n) is 6.07. The average molecular weight is 291 g/mol. The number of hydrogen-bond donors (Lipinski definition) is 0. The van der Waals surface area contributed by atoms with E-state index >= 15 is 0 Å². The Labute approximate surface area is 110 Å². The third-order valence-electron chi connectivity index (χ3n) is 3.43. The van der Waals surface area contributed by atoms with Gasteiger partial charge in [0.15, 0.2) is 0 Å². The van der Waals surface area contributed by atoms with E-state index < -0.39 is 0 Å². The lowest BCUT2D eigenvalue weighted by Gasteiger charge is -2.19. The quantitative estimate of drug-likeness (QED) is 0.769. The van der Waals surface area contributed by atoms with Gasteiger partial charge in [0.2, 0.25) is 0 Å². The molecule has 0 saturated heterocycles. The molecule has 0 N–H and O–H groups in total. The van der Waals surface area contributed by atoms with E-state index in [1.807, 2.05) is 6.07 Å². The summed E-state index contributed by atoms with van der Waals surface area (Å²) in [5, 5.41) is 0. The molecule has 1 unspecified atom stereocenters. The molecule has 1 aliphatic rings. The molecule has 0 radical (unpaired) electrons. The predicted molar refractivity (Wildman–Crippen MR) is 73.0 cm³/mol. The van der Waals surface area contributed by atoms with E-state index in [0.29, 0.717) is 5.92 Å². The highest BCUT2D eigenvalue weighted by molar-refractivity contribution is 9.10. The number of fused-ring (bicyclic) bond motifs is 1. The van der Waals surface area contributed by atoms with Crippen molar-refractivity contribution < 1.29 is 0 Å². The highest BCUT2D eigenvalue weighted by Crippen LogP contribution is 2.32. The molecule has 2 heterocycles. The van der Waals surface area contributed by atoms with Crippen LogP contribution in [0.2, 0.25) is 0 Å². The van der Waals surface area contributed by atoms with Crippen LogP contribution in [0.5, 0.6) is 0 Å². The van der Waals surface area contributed by atoms with Gasteiger partial charge in [0, 0.05) is 28.7 Å². The van der Waals surface area contributed by atoms with E-state index in [1.54, 1.807) is 0 Å². The minimum atomic E-state index is 0.583. The first kappa shape index (κ1) is 11.0. The van der Waals surface area contributed by atoms with E-state index in [4.69, 9.17) is 4.98 Å². The number of halogens is 1. The Morgan fingerprint density at radius 3 is 2.94 bits per heavy atom. The minimum absolute atomic E-state index is 0.583. The number of hydrogen-bond acceptors (Lipinski definition) is 1. The zero-order chi connectivity index (χ0) is 11.8. The maximum atomic E-state index is 4.80. The second-order valence-electron chi connectivity index (χ2n) is 4.70. The van der Waals surface area contributed by atoms with Crippen molar-refractivity contribution in [1.82, 2.24) is 9.55 Å². The van der Waals surface area contributed by atoms with E-state index in [2.05, 4.69) is 51.8 Å². The third kappa shape index (κ3) is 1.93. The molecule has 0 spiro atoms. The van der Waals surface area contributed by atoms with Gasteiger partial charge in [-0.2, -0.15) is 0 Å². The zero-order valence-corrected chi connectivity index (χ0v) is 11.4. The van der Waals surface area contributed by atoms with Crippen LogP contribution in [0, 0.1) is 0 Å². The van der Waals surface area contributed by atoms with E-state index in [0.717, 1.165) is 16.7 Å². The highest BCUT2D eigenvalue weighted by Gasteiger charge is 2.20. The smallest absolute Gasteiger partial charge is 0.112 e. The van der Waals surface area contributed by atoms with Crippen LogP contribution >= 0.6 is 15.9 Å². The lowest BCUT2D eigenvalue weighted by Crippen LogP contribution is -2.12. The van der Waals surface area contributed by atoms with Gasteiger partial charge in [0.1, 0.15) is 5.82 Å². The number of benzene rings is 1. The number of rotatable bonds is 1. The van der Waals surface area contributed by atoms with Crippen molar-refractivity contribution in [2.75, 3.05) is 0 Å². The van der Waals surface area contributed by atoms with Crippen LogP contribution in [0.3, 0.4) is 0 Å². The number of imidazole rings is 1. The fraction of sp³-hybridized carbons (Fsp3) is 0.357. The molecular weight excluding hydrogens is 276 g/mol. The van der Waals surface area contributed by atoms with Crippen molar-refractivity contribution in [3.05, 3.63) is 40.8 Å². The van der Waals surface area contributed by atoms with Gasteiger partial charge < -0.3 is 4.57 Å². The van der Waals surface area contributed by atoms with E-state index in [1.165, 1.54) is 24.2 Å². The molecule has 17 heavy (non-hydrogen) atoms. The second kappa shape index (κ2) is 4.30. The van der Waals surface area contributed by atoms with Gasteiger partial charge in [-0.3, -0.25) is 0 Å². The summed E-state index contributed by atoms with van der Waals surface area (Å²) in [6.07, 6.45) is 4.71. The van der Waals surface area contributed by atoms with Crippen molar-refractivity contribution in [3.8, 4) is 11.3 Å². The molecule has 1 atom stereocenters. The summed E-state index contributed by atoms with van der Waals surface area (Å²) in [4.78, 5) is 4.80. The Morgan fingerprint density at radius 1 is 1.35 bits per heavy atom.